The van der Waals surface area contributed by atoms with Crippen molar-refractivity contribution in [2.75, 3.05) is 26.2 Å². The molecule has 0 unspecified atom stereocenters. The van der Waals surface area contributed by atoms with Crippen LogP contribution in [0.2, 0.25) is 0 Å². The van der Waals surface area contributed by atoms with Gasteiger partial charge in [0, 0.05) is 24.1 Å². The van der Waals surface area contributed by atoms with Crippen LogP contribution in [-0.4, -0.2) is 37.0 Å². The Morgan fingerprint density at radius 1 is 1.33 bits per heavy atom. The zero-order valence-corrected chi connectivity index (χ0v) is 14.1. The molecule has 0 bridgehead atoms. The van der Waals surface area contributed by atoms with Gasteiger partial charge < -0.3 is 15.0 Å². The van der Waals surface area contributed by atoms with E-state index < -0.39 is 0 Å². The van der Waals surface area contributed by atoms with Crippen LogP contribution in [0.1, 0.15) is 31.7 Å². The number of nitrogens with zero attached hydrogens (tertiary/aromatic N) is 1. The minimum Gasteiger partial charge on any atom is -0.484 e. The van der Waals surface area contributed by atoms with Crippen molar-refractivity contribution in [1.82, 2.24) is 10.2 Å². The van der Waals surface area contributed by atoms with Crippen LogP contribution in [-0.2, 0) is 11.3 Å². The minimum absolute atomic E-state index is 0.0888. The molecule has 2 rings (SSSR count). The quantitative estimate of drug-likeness (QED) is 0.853. The Bertz CT molecular complexity index is 473. The van der Waals surface area contributed by atoms with Gasteiger partial charge in [0.2, 0.25) is 0 Å². The predicted molar refractivity (Wildman–Crippen MR) is 87.4 cm³/mol. The summed E-state index contributed by atoms with van der Waals surface area (Å²) in [6.07, 6.45) is 3.44. The van der Waals surface area contributed by atoms with Gasteiger partial charge >= 0.3 is 0 Å². The maximum atomic E-state index is 12.1. The highest BCUT2D eigenvalue weighted by Crippen LogP contribution is 2.22. The molecule has 0 atom stereocenters. The third-order valence-electron chi connectivity index (χ3n) is 3.65. The summed E-state index contributed by atoms with van der Waals surface area (Å²) in [5.74, 6) is 0.835. The lowest BCUT2D eigenvalue weighted by Crippen LogP contribution is -2.38. The number of carbonyl (C=O) groups excluding carboxylic acids is 1. The summed E-state index contributed by atoms with van der Waals surface area (Å²) in [4.78, 5) is 14.0. The third kappa shape index (κ3) is 5.00. The summed E-state index contributed by atoms with van der Waals surface area (Å²) in [5.41, 5.74) is 1.14. The fourth-order valence-corrected chi connectivity index (χ4v) is 2.80. The summed E-state index contributed by atoms with van der Waals surface area (Å²) in [5, 5.41) is 3.29. The van der Waals surface area contributed by atoms with Gasteiger partial charge in [0.15, 0.2) is 6.61 Å². The Hall–Kier alpha value is -1.07. The number of benzene rings is 1. The van der Waals surface area contributed by atoms with Gasteiger partial charge in [-0.05, 0) is 49.6 Å². The van der Waals surface area contributed by atoms with Crippen LogP contribution in [0.15, 0.2) is 22.7 Å². The second kappa shape index (κ2) is 8.39. The first-order chi connectivity index (χ1) is 10.2. The van der Waals surface area contributed by atoms with E-state index in [1.165, 1.54) is 6.42 Å². The van der Waals surface area contributed by atoms with E-state index in [1.807, 2.05) is 23.1 Å². The SMILES string of the molecule is CCNCc1cc(OCC(=O)N2CCCCC2)ccc1Br. The van der Waals surface area contributed by atoms with Gasteiger partial charge in [-0.15, -0.1) is 0 Å². The smallest absolute Gasteiger partial charge is 0.260 e. The lowest BCUT2D eigenvalue weighted by atomic mass is 10.1. The van der Waals surface area contributed by atoms with Crippen molar-refractivity contribution < 1.29 is 9.53 Å². The van der Waals surface area contributed by atoms with Gasteiger partial charge in [-0.3, -0.25) is 4.79 Å². The summed E-state index contributed by atoms with van der Waals surface area (Å²) in [6.45, 7) is 5.65. The highest BCUT2D eigenvalue weighted by Gasteiger charge is 2.16. The van der Waals surface area contributed by atoms with Crippen molar-refractivity contribution in [3.63, 3.8) is 0 Å². The molecule has 21 heavy (non-hydrogen) atoms. The van der Waals surface area contributed by atoms with E-state index >= 15 is 0 Å². The fourth-order valence-electron chi connectivity index (χ4n) is 2.42. The van der Waals surface area contributed by atoms with Crippen molar-refractivity contribution in [2.45, 2.75) is 32.7 Å². The molecule has 5 heteroatoms. The largest absolute Gasteiger partial charge is 0.484 e. The second-order valence-electron chi connectivity index (χ2n) is 5.26. The monoisotopic (exact) mass is 354 g/mol. The predicted octanol–water partition coefficient (Wildman–Crippen LogP) is 2.95. The topological polar surface area (TPSA) is 41.6 Å². The van der Waals surface area contributed by atoms with Crippen LogP contribution in [0.4, 0.5) is 0 Å². The van der Waals surface area contributed by atoms with Crippen LogP contribution < -0.4 is 10.1 Å². The second-order valence-corrected chi connectivity index (χ2v) is 6.12. The molecule has 0 spiro atoms. The molecule has 116 valence electrons. The molecular weight excluding hydrogens is 332 g/mol. The van der Waals surface area contributed by atoms with E-state index in [4.69, 9.17) is 4.74 Å². The van der Waals surface area contributed by atoms with Gasteiger partial charge in [-0.25, -0.2) is 0 Å². The number of ether oxygens (including phenoxy) is 1. The average Bonchev–Trinajstić information content (AvgIpc) is 2.53. The molecule has 1 N–H and O–H groups in total. The lowest BCUT2D eigenvalue weighted by molar-refractivity contribution is -0.134. The lowest BCUT2D eigenvalue weighted by Gasteiger charge is -2.26. The molecule has 1 aliphatic heterocycles. The normalized spacial score (nSPS) is 15.0. The molecule has 1 saturated heterocycles. The van der Waals surface area contributed by atoms with Crippen molar-refractivity contribution >= 4 is 21.8 Å². The third-order valence-corrected chi connectivity index (χ3v) is 4.43. The van der Waals surface area contributed by atoms with Crippen molar-refractivity contribution in [3.8, 4) is 5.75 Å². The average molecular weight is 355 g/mol. The van der Waals surface area contributed by atoms with Crippen molar-refractivity contribution in [2.24, 2.45) is 0 Å². The van der Waals surface area contributed by atoms with Crippen LogP contribution in [0.3, 0.4) is 0 Å². The molecule has 1 aromatic carbocycles. The van der Waals surface area contributed by atoms with Crippen LogP contribution in [0.25, 0.3) is 0 Å². The van der Waals surface area contributed by atoms with E-state index in [0.717, 1.165) is 54.8 Å². The van der Waals surface area contributed by atoms with E-state index in [-0.39, 0.29) is 12.5 Å². The van der Waals surface area contributed by atoms with E-state index in [1.54, 1.807) is 0 Å². The first kappa shape index (κ1) is 16.3. The van der Waals surface area contributed by atoms with Gasteiger partial charge in [-0.1, -0.05) is 22.9 Å². The highest BCUT2D eigenvalue weighted by molar-refractivity contribution is 9.10. The number of nitrogens with one attached hydrogen (secondary N) is 1. The molecule has 1 fully saturated rings. The molecule has 1 amide bonds. The Kier molecular flexibility index (Phi) is 6.51. The molecular formula is C16H23BrN2O2. The van der Waals surface area contributed by atoms with E-state index in [0.29, 0.717) is 0 Å². The number of carbonyl (C=O) groups is 1. The standard InChI is InChI=1S/C16H23BrN2O2/c1-2-18-11-13-10-14(6-7-15(13)17)21-12-16(20)19-8-4-3-5-9-19/h6-7,10,18H,2-5,8-9,11-12H2,1H3. The Morgan fingerprint density at radius 2 is 2.10 bits per heavy atom. The zero-order valence-electron chi connectivity index (χ0n) is 12.5. The maximum absolute atomic E-state index is 12.1. The first-order valence-electron chi connectivity index (χ1n) is 7.60. The maximum Gasteiger partial charge on any atom is 0.260 e. The number of likely N-dealkylation sites (tertiary alicyclic amines) is 1. The zero-order chi connectivity index (χ0) is 15.1. The summed E-state index contributed by atoms with van der Waals surface area (Å²) < 4.78 is 6.71. The molecule has 0 radical (unpaired) electrons. The Labute approximate surface area is 135 Å². The number of rotatable bonds is 6. The van der Waals surface area contributed by atoms with Crippen LogP contribution in [0, 0.1) is 0 Å². The number of hydrogen-bond donors (Lipinski definition) is 1. The van der Waals surface area contributed by atoms with Gasteiger partial charge in [-0.2, -0.15) is 0 Å². The Balaban J connectivity index is 1.88. The number of hydrogen-bond acceptors (Lipinski definition) is 3. The fraction of sp³-hybridized carbons (Fsp3) is 0.562. The summed E-state index contributed by atoms with van der Waals surface area (Å²) in [6, 6.07) is 5.84. The molecule has 0 aliphatic carbocycles. The number of halogens is 1. The first-order valence-corrected chi connectivity index (χ1v) is 8.39. The molecule has 0 aromatic heterocycles. The van der Waals surface area contributed by atoms with Crippen molar-refractivity contribution in [1.29, 1.82) is 0 Å². The molecule has 1 aromatic rings. The Morgan fingerprint density at radius 3 is 2.81 bits per heavy atom. The highest BCUT2D eigenvalue weighted by atomic mass is 79.9. The summed E-state index contributed by atoms with van der Waals surface area (Å²) >= 11 is 3.53. The van der Waals surface area contributed by atoms with E-state index in [2.05, 4.69) is 28.2 Å². The minimum atomic E-state index is 0.0888. The van der Waals surface area contributed by atoms with Crippen molar-refractivity contribution in [3.05, 3.63) is 28.2 Å². The summed E-state index contributed by atoms with van der Waals surface area (Å²) in [7, 11) is 0. The molecule has 1 aliphatic rings. The molecule has 4 nitrogen and oxygen atoms in total. The van der Waals surface area contributed by atoms with Gasteiger partial charge in [0.25, 0.3) is 5.91 Å². The van der Waals surface area contributed by atoms with Crippen LogP contribution in [0.5, 0.6) is 5.75 Å². The van der Waals surface area contributed by atoms with E-state index in [9.17, 15) is 4.79 Å². The van der Waals surface area contributed by atoms with Gasteiger partial charge in [0.1, 0.15) is 5.75 Å². The number of piperidine rings is 1. The molecule has 1 heterocycles. The number of amides is 1. The van der Waals surface area contributed by atoms with Gasteiger partial charge in [0.05, 0.1) is 0 Å². The van der Waals surface area contributed by atoms with Crippen LogP contribution >= 0.6 is 15.9 Å². The molecule has 0 saturated carbocycles.